The minimum absolute atomic E-state index is 0.0152. The molecule has 1 aliphatic carbocycles. The number of hydrogen-bond donors (Lipinski definition) is 0. The fourth-order valence-corrected chi connectivity index (χ4v) is 15.1. The highest BCUT2D eigenvalue weighted by molar-refractivity contribution is 6.26. The smallest absolute Gasteiger partial charge is 0.338 e. The van der Waals surface area contributed by atoms with Crippen LogP contribution < -0.4 is 9.47 Å². The van der Waals surface area contributed by atoms with Crippen LogP contribution in [0.4, 0.5) is 28.4 Å². The Balaban J connectivity index is 0.741. The molecule has 18 heteroatoms. The van der Waals surface area contributed by atoms with Crippen molar-refractivity contribution >= 4 is 46.1 Å². The van der Waals surface area contributed by atoms with Crippen LogP contribution in [0.2, 0.25) is 0 Å². The molecule has 0 aromatic heterocycles. The van der Waals surface area contributed by atoms with Gasteiger partial charge in [0.1, 0.15) is 18.1 Å². The lowest BCUT2D eigenvalue weighted by atomic mass is 9.89. The van der Waals surface area contributed by atoms with E-state index in [0.717, 1.165) is 206 Å². The van der Waals surface area contributed by atoms with Crippen LogP contribution in [0, 0.1) is 89.5 Å². The van der Waals surface area contributed by atoms with Gasteiger partial charge >= 0.3 is 11.9 Å². The van der Waals surface area contributed by atoms with Crippen LogP contribution in [-0.4, -0.2) is 52.2 Å². The van der Waals surface area contributed by atoms with Crippen molar-refractivity contribution in [3.05, 3.63) is 331 Å². The second-order valence-corrected chi connectivity index (χ2v) is 32.5. The standard InChI is InChI=1S/C111H114N6O12/c1-6-11-23-30-82-35-45-87(46-36-82)55-69-98-99(70-56-88-47-37-83(38-48-88)31-24-12-7-2)102(72-58-90-51-41-85(42-52-90)33-26-14-9-4)110(103(73-59-91-53-43-86(44-54-91)34-27-15-10-5)100(98)71-57-89-49-39-84(40-50-89)32-25-13-8-3)126-76-28-21-19-17-16-18-20-22-29-77-127-111(119)92-60-62-93(63-61-92)112-113-94-64-67-97(68-65-94)129-107(118)75-78-128-114-109-104-79-95(115(120)121)66-74-101(104)108-105(109)80-96(116(122)123)81-106(108)117(124)125/h35-54,60-68,74,79-81H,6-34,75-78H2,1-5H3/b113-112?,114-109+. The number of ether oxygens (including phenoxy) is 3. The summed E-state index contributed by atoms with van der Waals surface area (Å²) in [5, 5.41) is 48.0. The minimum Gasteiger partial charge on any atom is -0.491 e. The number of oxime groups is 1. The van der Waals surface area contributed by atoms with Gasteiger partial charge in [-0.05, 0) is 226 Å². The van der Waals surface area contributed by atoms with E-state index in [2.05, 4.69) is 231 Å². The Morgan fingerprint density at radius 2 is 0.705 bits per heavy atom. The Morgan fingerprint density at radius 3 is 1.09 bits per heavy atom. The summed E-state index contributed by atoms with van der Waals surface area (Å²) in [6, 6.07) is 61.7. The molecule has 0 saturated heterocycles. The molecular formula is C111H114N6O12. The monoisotopic (exact) mass is 1720 g/mol. The van der Waals surface area contributed by atoms with Gasteiger partial charge in [-0.25, -0.2) is 4.79 Å². The van der Waals surface area contributed by atoms with Gasteiger partial charge in [0.05, 0.1) is 90.8 Å². The summed E-state index contributed by atoms with van der Waals surface area (Å²) >= 11 is 0. The molecule has 0 unspecified atom stereocenters. The van der Waals surface area contributed by atoms with Gasteiger partial charge in [0.25, 0.3) is 17.1 Å². The van der Waals surface area contributed by atoms with Crippen molar-refractivity contribution in [1.82, 2.24) is 0 Å². The maximum atomic E-state index is 13.1. The van der Waals surface area contributed by atoms with Gasteiger partial charge in [-0.15, -0.1) is 0 Å². The SMILES string of the molecule is CCCCCc1ccc(C#Cc2c(C#Cc3ccc(CCCCC)cc3)c(C#Cc3ccc(CCCCC)cc3)c(OCCCCCCCCCCCOC(=O)c3ccc(N=Nc4ccc(OC(=O)CCO/N=C5\c6cc([N+](=O)[O-])ccc6-c6c5cc([N+](=O)[O-])cc6[N+](=O)[O-])cc4)cc3)c(C#Cc3ccc(CCCCC)cc3)c2C#Cc2ccc(CCCCC)cc2)cc1. The fourth-order valence-electron chi connectivity index (χ4n) is 15.1. The van der Waals surface area contributed by atoms with Crippen molar-refractivity contribution in [3.63, 3.8) is 0 Å². The third kappa shape index (κ3) is 29.8. The van der Waals surface area contributed by atoms with Crippen LogP contribution in [0.15, 0.2) is 216 Å². The number of nitrogens with zero attached hydrogens (tertiary/aromatic N) is 6. The molecule has 0 radical (unpaired) electrons. The molecule has 0 amide bonds. The van der Waals surface area contributed by atoms with E-state index >= 15 is 0 Å². The van der Waals surface area contributed by atoms with E-state index in [1.807, 2.05) is 0 Å². The molecule has 0 bridgehead atoms. The maximum Gasteiger partial charge on any atom is 0.338 e. The van der Waals surface area contributed by atoms with Gasteiger partial charge in [0.15, 0.2) is 5.75 Å². The summed E-state index contributed by atoms with van der Waals surface area (Å²) in [7, 11) is 0. The van der Waals surface area contributed by atoms with Gasteiger partial charge in [0, 0.05) is 57.1 Å². The summed E-state index contributed by atoms with van der Waals surface area (Å²) in [6.07, 6.45) is 30.9. The molecule has 18 nitrogen and oxygen atoms in total. The van der Waals surface area contributed by atoms with Crippen molar-refractivity contribution in [3.8, 4) is 81.8 Å². The number of carbonyl (C=O) groups is 2. The van der Waals surface area contributed by atoms with Crippen LogP contribution in [0.1, 0.15) is 300 Å². The zero-order valence-corrected chi connectivity index (χ0v) is 75.0. The van der Waals surface area contributed by atoms with Gasteiger partial charge in [-0.1, -0.05) is 269 Å². The summed E-state index contributed by atoms with van der Waals surface area (Å²) < 4.78 is 18.4. The van der Waals surface area contributed by atoms with Crippen molar-refractivity contribution in [2.24, 2.45) is 15.4 Å². The van der Waals surface area contributed by atoms with E-state index in [1.165, 1.54) is 78.1 Å². The third-order valence-electron chi connectivity index (χ3n) is 22.5. The van der Waals surface area contributed by atoms with Gasteiger partial charge in [-0.3, -0.25) is 35.1 Å². The molecule has 0 spiro atoms. The summed E-state index contributed by atoms with van der Waals surface area (Å²) in [4.78, 5) is 64.6. The maximum absolute atomic E-state index is 13.1. The minimum atomic E-state index is -0.800. The summed E-state index contributed by atoms with van der Waals surface area (Å²) in [5.41, 5.74) is 14.0. The van der Waals surface area contributed by atoms with Crippen molar-refractivity contribution in [1.29, 1.82) is 0 Å². The number of aryl methyl sites for hydroxylation is 5. The van der Waals surface area contributed by atoms with Crippen LogP contribution in [0.3, 0.4) is 0 Å². The van der Waals surface area contributed by atoms with Gasteiger partial charge < -0.3 is 19.0 Å². The number of nitro benzene ring substituents is 3. The molecule has 0 aliphatic heterocycles. The topological polar surface area (TPSA) is 238 Å². The number of non-ortho nitro benzene ring substituents is 2. The Morgan fingerprint density at radius 1 is 0.341 bits per heavy atom. The first kappa shape index (κ1) is 95.7. The lowest BCUT2D eigenvalue weighted by Gasteiger charge is -2.17. The van der Waals surface area contributed by atoms with Crippen molar-refractivity contribution < 1.29 is 43.4 Å². The normalized spacial score (nSPS) is 11.3. The highest BCUT2D eigenvalue weighted by atomic mass is 16.6. The molecule has 10 aromatic carbocycles. The number of nitro groups is 3. The predicted octanol–water partition coefficient (Wildman–Crippen LogP) is 27.0. The first-order valence-corrected chi connectivity index (χ1v) is 46.0. The van der Waals surface area contributed by atoms with Crippen molar-refractivity contribution in [2.75, 3.05) is 19.8 Å². The molecule has 129 heavy (non-hydrogen) atoms. The van der Waals surface area contributed by atoms with Crippen LogP contribution in [-0.2, 0) is 46.5 Å². The first-order valence-electron chi connectivity index (χ1n) is 46.0. The van der Waals surface area contributed by atoms with Crippen LogP contribution in [0.25, 0.3) is 11.1 Å². The second kappa shape index (κ2) is 51.6. The molecule has 0 fully saturated rings. The number of esters is 2. The zero-order chi connectivity index (χ0) is 90.7. The molecule has 0 N–H and O–H groups in total. The molecule has 660 valence electrons. The molecule has 10 aromatic rings. The van der Waals surface area contributed by atoms with E-state index < -0.39 is 38.1 Å². The Bertz CT molecular complexity index is 5710. The third-order valence-corrected chi connectivity index (χ3v) is 22.5. The number of hydrogen-bond acceptors (Lipinski definition) is 15. The predicted molar refractivity (Wildman–Crippen MR) is 513 cm³/mol. The molecule has 1 aliphatic rings. The van der Waals surface area contributed by atoms with E-state index in [1.54, 1.807) is 36.4 Å². The number of carbonyl (C=O) groups excluding carboxylic acids is 2. The molecule has 0 saturated carbocycles. The molecule has 0 heterocycles. The van der Waals surface area contributed by atoms with Crippen LogP contribution >= 0.6 is 0 Å². The Kier molecular flexibility index (Phi) is 38.3. The highest BCUT2D eigenvalue weighted by Crippen LogP contribution is 2.46. The van der Waals surface area contributed by atoms with Crippen LogP contribution in [0.5, 0.6) is 11.5 Å². The number of azo groups is 1. The number of fused-ring (bicyclic) bond motifs is 3. The number of benzene rings is 10. The van der Waals surface area contributed by atoms with Gasteiger partial charge in [0.2, 0.25) is 0 Å². The largest absolute Gasteiger partial charge is 0.491 e. The summed E-state index contributed by atoms with van der Waals surface area (Å²) in [5.74, 6) is 36.4. The molecule has 11 rings (SSSR count). The number of rotatable bonds is 44. The lowest BCUT2D eigenvalue weighted by Crippen LogP contribution is -2.11. The first-order chi connectivity index (χ1) is 63.1. The summed E-state index contributed by atoms with van der Waals surface area (Å²) in [6.45, 7) is 11.6. The average molecular weight is 1720 g/mol. The lowest BCUT2D eigenvalue weighted by molar-refractivity contribution is -0.393. The number of unbranched alkanes of at least 4 members (excludes halogenated alkanes) is 18. The Labute approximate surface area is 760 Å². The average Bonchev–Trinajstić information content (AvgIpc) is 1.57. The fraction of sp³-hybridized carbons (Fsp3) is 0.342. The second-order valence-electron chi connectivity index (χ2n) is 32.5. The molecular weight excluding hydrogens is 1610 g/mol. The highest BCUT2D eigenvalue weighted by Gasteiger charge is 2.37. The van der Waals surface area contributed by atoms with E-state index in [9.17, 15) is 39.9 Å². The van der Waals surface area contributed by atoms with E-state index in [0.29, 0.717) is 63.7 Å². The molecule has 0 atom stereocenters. The van der Waals surface area contributed by atoms with Crippen molar-refractivity contribution in [2.45, 2.75) is 227 Å². The zero-order valence-electron chi connectivity index (χ0n) is 75.0. The van der Waals surface area contributed by atoms with E-state index in [-0.39, 0.29) is 52.4 Å². The van der Waals surface area contributed by atoms with E-state index in [4.69, 9.17) is 19.0 Å². The quantitative estimate of drug-likeness (QED) is 0.00659. The van der Waals surface area contributed by atoms with Gasteiger partial charge in [-0.2, -0.15) is 10.2 Å². The Hall–Kier alpha value is -14.0.